The molecule has 3 N–H and O–H groups in total. The Morgan fingerprint density at radius 2 is 1.38 bits per heavy atom. The van der Waals surface area contributed by atoms with E-state index in [9.17, 15) is 0 Å². The van der Waals surface area contributed by atoms with E-state index in [0.717, 1.165) is 75.2 Å². The Kier molecular flexibility index (Phi) is 7.43. The van der Waals surface area contributed by atoms with Crippen LogP contribution in [0.3, 0.4) is 0 Å². The first kappa shape index (κ1) is 27.2. The van der Waals surface area contributed by atoms with Gasteiger partial charge in [0.25, 0.3) is 0 Å². The largest absolute Gasteiger partial charge is 0.384 e. The zero-order valence-corrected chi connectivity index (χ0v) is 24.6. The van der Waals surface area contributed by atoms with Crippen molar-refractivity contribution in [1.82, 2.24) is 39.6 Å². The molecule has 4 heterocycles. The molecule has 2 atom stereocenters. The van der Waals surface area contributed by atoms with E-state index in [1.54, 1.807) is 9.26 Å². The molecule has 0 amide bonds. The minimum Gasteiger partial charge on any atom is -0.384 e. The topological polar surface area (TPSA) is 113 Å². The molecule has 0 fully saturated rings. The molecule has 2 aromatic carbocycles. The summed E-state index contributed by atoms with van der Waals surface area (Å²) in [4.78, 5) is 9.78. The number of fused-ring (bicyclic) bond motifs is 2. The van der Waals surface area contributed by atoms with Crippen LogP contribution >= 0.6 is 0 Å². The summed E-state index contributed by atoms with van der Waals surface area (Å²) in [5.74, 6) is 1.83. The number of benzene rings is 2. The maximum Gasteiger partial charge on any atom is 0.185 e. The number of hydrogen-bond donors (Lipinski definition) is 3. The van der Waals surface area contributed by atoms with Gasteiger partial charge >= 0.3 is 0 Å². The average molecular weight is 561 g/mol. The predicted octanol–water partition coefficient (Wildman–Crippen LogP) is 5.15. The van der Waals surface area contributed by atoms with Gasteiger partial charge in [-0.05, 0) is 62.8 Å². The van der Waals surface area contributed by atoms with Crippen molar-refractivity contribution in [2.24, 2.45) is 0 Å². The summed E-state index contributed by atoms with van der Waals surface area (Å²) in [5, 5.41) is 25.3. The van der Waals surface area contributed by atoms with Crippen LogP contribution in [0.4, 0.5) is 11.4 Å². The highest BCUT2D eigenvalue weighted by Crippen LogP contribution is 2.21. The third-order valence-corrected chi connectivity index (χ3v) is 7.42. The van der Waals surface area contributed by atoms with Crippen molar-refractivity contribution >= 4 is 34.8 Å². The average Bonchev–Trinajstić information content (AvgIpc) is 3.74. The number of hydrogen-bond acceptors (Lipinski definition) is 7. The summed E-state index contributed by atoms with van der Waals surface area (Å²) in [6.07, 6.45) is 4.26. The SMILES string of the molecule is CC(=Cc1c(C)[nH]n2nc(C(C)CNc3ccccc3)nc12)C=c1c(C)nn2nc(C(C)CNc3ccccc3)nc12. The van der Waals surface area contributed by atoms with Gasteiger partial charge in [0.2, 0.25) is 0 Å². The molecular weight excluding hydrogens is 524 g/mol. The zero-order chi connectivity index (χ0) is 29.2. The maximum absolute atomic E-state index is 4.90. The smallest absolute Gasteiger partial charge is 0.185 e. The van der Waals surface area contributed by atoms with Gasteiger partial charge in [0.15, 0.2) is 22.9 Å². The van der Waals surface area contributed by atoms with E-state index in [-0.39, 0.29) is 11.8 Å². The fourth-order valence-corrected chi connectivity index (χ4v) is 4.98. The standard InChI is InChI=1S/C32H36N10/c1-20(16-27-23(4)37-41-31(27)35-29(39-41)21(2)18-33-25-12-8-6-9-13-25)17-28-24(5)38-42-32(28)36-30(40-42)22(3)19-34-26-14-10-7-11-15-26/h6-17,21-22,33-34,37H,18-19H2,1-5H3. The number of nitrogens with zero attached hydrogens (tertiary/aromatic N) is 7. The summed E-state index contributed by atoms with van der Waals surface area (Å²) in [6.45, 7) is 11.8. The first-order chi connectivity index (χ1) is 20.4. The highest BCUT2D eigenvalue weighted by atomic mass is 15.5. The molecule has 4 aromatic heterocycles. The molecule has 0 aliphatic carbocycles. The summed E-state index contributed by atoms with van der Waals surface area (Å²) >= 11 is 0. The molecule has 0 aliphatic heterocycles. The number of aryl methyl sites for hydroxylation is 2. The molecule has 10 nitrogen and oxygen atoms in total. The Morgan fingerprint density at radius 3 is 2.00 bits per heavy atom. The van der Waals surface area contributed by atoms with Crippen molar-refractivity contribution < 1.29 is 0 Å². The molecule has 6 rings (SSSR count). The van der Waals surface area contributed by atoms with Gasteiger partial charge in [0, 0.05) is 52.8 Å². The van der Waals surface area contributed by atoms with Crippen molar-refractivity contribution in [2.45, 2.75) is 46.5 Å². The summed E-state index contributed by atoms with van der Waals surface area (Å²) in [5.41, 5.74) is 7.72. The van der Waals surface area contributed by atoms with E-state index >= 15 is 0 Å². The van der Waals surface area contributed by atoms with Crippen LogP contribution < -0.4 is 15.9 Å². The van der Waals surface area contributed by atoms with Gasteiger partial charge in [-0.3, -0.25) is 5.10 Å². The molecule has 0 saturated heterocycles. The minimum absolute atomic E-state index is 0.125. The lowest BCUT2D eigenvalue weighted by Gasteiger charge is -2.10. The van der Waals surface area contributed by atoms with Gasteiger partial charge in [0.1, 0.15) is 0 Å². The molecular formula is C32H36N10. The van der Waals surface area contributed by atoms with Crippen LogP contribution in [-0.4, -0.2) is 52.7 Å². The van der Waals surface area contributed by atoms with Crippen molar-refractivity contribution in [3.8, 4) is 0 Å². The lowest BCUT2D eigenvalue weighted by atomic mass is 10.1. The fourth-order valence-electron chi connectivity index (χ4n) is 4.98. The highest BCUT2D eigenvalue weighted by molar-refractivity contribution is 5.74. The molecule has 0 radical (unpaired) electrons. The number of H-pyrrole nitrogens is 1. The van der Waals surface area contributed by atoms with Gasteiger partial charge in [-0.1, -0.05) is 50.2 Å². The molecule has 0 aliphatic rings. The number of anilines is 2. The van der Waals surface area contributed by atoms with E-state index in [2.05, 4.69) is 83.1 Å². The maximum atomic E-state index is 4.90. The molecule has 2 unspecified atom stereocenters. The third kappa shape index (κ3) is 5.60. The Hall–Kier alpha value is -4.99. The van der Waals surface area contributed by atoms with Gasteiger partial charge in [-0.25, -0.2) is 9.97 Å². The van der Waals surface area contributed by atoms with Gasteiger partial charge in [-0.2, -0.15) is 9.73 Å². The van der Waals surface area contributed by atoms with E-state index in [1.807, 2.05) is 50.2 Å². The van der Waals surface area contributed by atoms with Crippen molar-refractivity contribution in [3.63, 3.8) is 0 Å². The quantitative estimate of drug-likeness (QED) is 0.212. The molecule has 42 heavy (non-hydrogen) atoms. The van der Waals surface area contributed by atoms with Crippen LogP contribution in [-0.2, 0) is 0 Å². The second kappa shape index (κ2) is 11.5. The van der Waals surface area contributed by atoms with Crippen LogP contribution in [0.5, 0.6) is 0 Å². The lowest BCUT2D eigenvalue weighted by Crippen LogP contribution is -2.12. The van der Waals surface area contributed by atoms with Gasteiger partial charge < -0.3 is 10.6 Å². The number of rotatable bonds is 10. The van der Waals surface area contributed by atoms with E-state index in [4.69, 9.17) is 15.1 Å². The predicted molar refractivity (Wildman–Crippen MR) is 168 cm³/mol. The molecule has 0 spiro atoms. The first-order valence-electron chi connectivity index (χ1n) is 14.3. The van der Waals surface area contributed by atoms with Crippen LogP contribution in [0.25, 0.3) is 23.4 Å². The third-order valence-electron chi connectivity index (χ3n) is 7.42. The summed E-state index contributed by atoms with van der Waals surface area (Å²) < 4.78 is 3.42. The Bertz CT molecular complexity index is 1900. The number of aromatic amines is 1. The van der Waals surface area contributed by atoms with Crippen molar-refractivity contribution in [3.05, 3.63) is 100 Å². The molecule has 0 saturated carbocycles. The second-order valence-corrected chi connectivity index (χ2v) is 11.0. The number of nitrogens with one attached hydrogen (secondary N) is 3. The van der Waals surface area contributed by atoms with Crippen molar-refractivity contribution in [2.75, 3.05) is 23.7 Å². The van der Waals surface area contributed by atoms with Crippen LogP contribution in [0.2, 0.25) is 0 Å². The van der Waals surface area contributed by atoms with E-state index in [1.165, 1.54) is 0 Å². The number of aromatic nitrogens is 8. The summed E-state index contributed by atoms with van der Waals surface area (Å²) in [6, 6.07) is 20.4. The monoisotopic (exact) mass is 560 g/mol. The molecule has 10 heteroatoms. The van der Waals surface area contributed by atoms with Crippen LogP contribution in [0.1, 0.15) is 61.2 Å². The minimum atomic E-state index is 0.125. The van der Waals surface area contributed by atoms with Crippen LogP contribution in [0, 0.1) is 13.8 Å². The summed E-state index contributed by atoms with van der Waals surface area (Å²) in [7, 11) is 0. The molecule has 0 bridgehead atoms. The Balaban J connectivity index is 1.23. The molecule has 6 aromatic rings. The first-order valence-corrected chi connectivity index (χ1v) is 14.3. The van der Waals surface area contributed by atoms with Gasteiger partial charge in [0.05, 0.1) is 5.69 Å². The number of para-hydroxylation sites is 2. The van der Waals surface area contributed by atoms with Crippen molar-refractivity contribution in [1.29, 1.82) is 0 Å². The van der Waals surface area contributed by atoms with Crippen LogP contribution in [0.15, 0.2) is 66.2 Å². The van der Waals surface area contributed by atoms with E-state index < -0.39 is 0 Å². The fraction of sp³-hybridized carbons (Fsp3) is 0.281. The zero-order valence-electron chi connectivity index (χ0n) is 24.6. The Morgan fingerprint density at radius 1 is 0.810 bits per heavy atom. The Labute approximate surface area is 244 Å². The van der Waals surface area contributed by atoms with E-state index in [0.29, 0.717) is 0 Å². The molecule has 214 valence electrons. The second-order valence-electron chi connectivity index (χ2n) is 11.0. The van der Waals surface area contributed by atoms with Gasteiger partial charge in [-0.15, -0.1) is 14.8 Å². The normalized spacial score (nSPS) is 14.1. The highest BCUT2D eigenvalue weighted by Gasteiger charge is 2.18. The number of allylic oxidation sites excluding steroid dienone is 1. The lowest BCUT2D eigenvalue weighted by molar-refractivity contribution is 0.702.